The van der Waals surface area contributed by atoms with Crippen LogP contribution >= 0.6 is 23.2 Å². The van der Waals surface area contributed by atoms with Crippen LogP contribution in [0.2, 0.25) is 10.0 Å². The van der Waals surface area contributed by atoms with E-state index in [1.807, 2.05) is 0 Å². The van der Waals surface area contributed by atoms with E-state index < -0.39 is 19.5 Å². The molecule has 1 rings (SSSR count). The highest BCUT2D eigenvalue weighted by molar-refractivity contribution is 7.96. The molecule has 0 unspecified atom stereocenters. The van der Waals surface area contributed by atoms with E-state index in [-0.39, 0.29) is 0 Å². The summed E-state index contributed by atoms with van der Waals surface area (Å²) in [6.45, 7) is 4.54. The number of allylic oxidation sites excluding steroid dienone is 1. The van der Waals surface area contributed by atoms with Gasteiger partial charge in [0.05, 0.1) is 21.0 Å². The van der Waals surface area contributed by atoms with Gasteiger partial charge in [0.25, 0.3) is 0 Å². The molecule has 0 saturated carbocycles. The van der Waals surface area contributed by atoms with Gasteiger partial charge in [-0.3, -0.25) is 5.43 Å². The fourth-order valence-electron chi connectivity index (χ4n) is 1.33. The zero-order valence-corrected chi connectivity index (χ0v) is 14.6. The second-order valence-electron chi connectivity index (χ2n) is 5.26. The van der Waals surface area contributed by atoms with Crippen molar-refractivity contribution in [3.05, 3.63) is 44.9 Å². The number of rotatable bonds is 4. The predicted octanol–water partition coefficient (Wildman–Crippen LogP) is 3.50. The van der Waals surface area contributed by atoms with E-state index in [0.717, 1.165) is 6.20 Å². The molecule has 8 heteroatoms. The monoisotopic (exact) mass is 359 g/mol. The predicted molar refractivity (Wildman–Crippen MR) is 89.6 cm³/mol. The van der Waals surface area contributed by atoms with Gasteiger partial charge in [-0.15, -0.1) is 0 Å². The Morgan fingerprint density at radius 1 is 1.32 bits per heavy atom. The molecule has 0 aliphatic rings. The minimum Gasteiger partial charge on any atom is -0.284 e. The first-order valence-electron chi connectivity index (χ1n) is 6.19. The number of sulfone groups is 1. The molecule has 0 atom stereocenters. The molecular weight excluding hydrogens is 345 g/mol. The number of hydrogen-bond acceptors (Lipinski definition) is 5. The summed E-state index contributed by atoms with van der Waals surface area (Å²) in [5.74, 6) is 0. The minimum absolute atomic E-state index is 0.401. The van der Waals surface area contributed by atoms with Gasteiger partial charge in [-0.1, -0.05) is 29.3 Å². The van der Waals surface area contributed by atoms with Gasteiger partial charge < -0.3 is 0 Å². The van der Waals surface area contributed by atoms with Gasteiger partial charge >= 0.3 is 0 Å². The Morgan fingerprint density at radius 2 is 1.86 bits per heavy atom. The Kier molecular flexibility index (Phi) is 6.00. The van der Waals surface area contributed by atoms with Crippen LogP contribution in [-0.2, 0) is 9.84 Å². The van der Waals surface area contributed by atoms with Crippen LogP contribution in [0.15, 0.2) is 34.4 Å². The maximum absolute atomic E-state index is 12.1. The number of hydrogen-bond donors (Lipinski definition) is 1. The zero-order valence-electron chi connectivity index (χ0n) is 12.3. The molecule has 118 valence electrons. The van der Waals surface area contributed by atoms with Gasteiger partial charge in [0.2, 0.25) is 0 Å². The summed E-state index contributed by atoms with van der Waals surface area (Å²) in [6.07, 6.45) is 2.38. The second kappa shape index (κ2) is 7.14. The van der Waals surface area contributed by atoms with Crippen molar-refractivity contribution in [2.45, 2.75) is 25.5 Å². The van der Waals surface area contributed by atoms with Crippen molar-refractivity contribution < 1.29 is 8.42 Å². The summed E-state index contributed by atoms with van der Waals surface area (Å²) in [6, 6.07) is 6.64. The van der Waals surface area contributed by atoms with Crippen molar-refractivity contribution in [1.82, 2.24) is 5.43 Å². The van der Waals surface area contributed by atoms with Gasteiger partial charge in [0, 0.05) is 11.8 Å². The SMILES string of the molecule is CC(C)(C)S(=O)(=O)/C(C#N)=C/N/N=C\c1c(Cl)cccc1Cl. The standard InChI is InChI=1S/C14H15Cl2N3O2S/c1-14(2,3)22(20,21)10(7-17)8-18-19-9-11-12(15)5-4-6-13(11)16/h4-6,8-9,18H,1-3H3/b10-8+,19-9-. The van der Waals surface area contributed by atoms with Crippen LogP contribution in [0.3, 0.4) is 0 Å². The molecule has 0 radical (unpaired) electrons. The summed E-state index contributed by atoms with van der Waals surface area (Å²) < 4.78 is 23.2. The van der Waals surface area contributed by atoms with Gasteiger partial charge in [-0.2, -0.15) is 10.4 Å². The van der Waals surface area contributed by atoms with Crippen molar-refractivity contribution >= 4 is 39.3 Å². The molecule has 0 saturated heterocycles. The summed E-state index contributed by atoms with van der Waals surface area (Å²) in [5.41, 5.74) is 2.90. The normalized spacial score (nSPS) is 13.2. The highest BCUT2D eigenvalue weighted by atomic mass is 35.5. The van der Waals surface area contributed by atoms with E-state index in [1.54, 1.807) is 24.3 Å². The number of nitriles is 1. The molecule has 0 aromatic heterocycles. The first kappa shape index (κ1) is 18.5. The largest absolute Gasteiger partial charge is 0.284 e. The molecule has 0 aliphatic carbocycles. The molecule has 0 bridgehead atoms. The topological polar surface area (TPSA) is 82.3 Å². The molecule has 0 aliphatic heterocycles. The lowest BCUT2D eigenvalue weighted by atomic mass is 10.2. The molecule has 22 heavy (non-hydrogen) atoms. The molecule has 1 aromatic carbocycles. The first-order valence-corrected chi connectivity index (χ1v) is 8.42. The lowest BCUT2D eigenvalue weighted by molar-refractivity contribution is 0.568. The third kappa shape index (κ3) is 4.23. The fourth-order valence-corrected chi connectivity index (χ4v) is 2.81. The highest BCUT2D eigenvalue weighted by Gasteiger charge is 2.33. The lowest BCUT2D eigenvalue weighted by Gasteiger charge is -2.17. The molecule has 5 nitrogen and oxygen atoms in total. The second-order valence-corrected chi connectivity index (χ2v) is 8.74. The molecule has 1 N–H and O–H groups in total. The van der Waals surface area contributed by atoms with Crippen molar-refractivity contribution in [1.29, 1.82) is 5.26 Å². The van der Waals surface area contributed by atoms with Crippen LogP contribution in [0, 0.1) is 11.3 Å². The lowest BCUT2D eigenvalue weighted by Crippen LogP contribution is -2.29. The van der Waals surface area contributed by atoms with Crippen LogP contribution in [0.1, 0.15) is 26.3 Å². The maximum atomic E-state index is 12.1. The third-order valence-electron chi connectivity index (χ3n) is 2.67. The van der Waals surface area contributed by atoms with Crippen LogP contribution in [-0.4, -0.2) is 19.4 Å². The van der Waals surface area contributed by atoms with Crippen molar-refractivity contribution in [2.75, 3.05) is 0 Å². The Bertz CT molecular complexity index is 737. The fraction of sp³-hybridized carbons (Fsp3) is 0.286. The maximum Gasteiger partial charge on any atom is 0.194 e. The van der Waals surface area contributed by atoms with Crippen LogP contribution in [0.4, 0.5) is 0 Å². The Balaban J connectivity index is 2.98. The van der Waals surface area contributed by atoms with Crippen LogP contribution in [0.25, 0.3) is 0 Å². The Morgan fingerprint density at radius 3 is 2.32 bits per heavy atom. The minimum atomic E-state index is -3.74. The van der Waals surface area contributed by atoms with Crippen LogP contribution < -0.4 is 5.43 Å². The third-order valence-corrected chi connectivity index (χ3v) is 5.73. The molecule has 0 heterocycles. The molecule has 0 spiro atoms. The Hall–Kier alpha value is -1.55. The summed E-state index contributed by atoms with van der Waals surface area (Å²) in [5, 5.41) is 13.6. The number of benzene rings is 1. The summed E-state index contributed by atoms with van der Waals surface area (Å²) in [4.78, 5) is -0.401. The van der Waals surface area contributed by atoms with E-state index in [0.29, 0.717) is 15.6 Å². The summed E-state index contributed by atoms with van der Waals surface area (Å²) in [7, 11) is -3.74. The Labute approximate surface area is 140 Å². The van der Waals surface area contributed by atoms with Crippen molar-refractivity contribution in [3.63, 3.8) is 0 Å². The number of halogens is 2. The van der Waals surface area contributed by atoms with Crippen LogP contribution in [0.5, 0.6) is 0 Å². The van der Waals surface area contributed by atoms with E-state index in [4.69, 9.17) is 28.5 Å². The van der Waals surface area contributed by atoms with E-state index in [2.05, 4.69) is 10.5 Å². The number of nitrogens with one attached hydrogen (secondary N) is 1. The van der Waals surface area contributed by atoms with Crippen molar-refractivity contribution in [3.8, 4) is 6.07 Å². The van der Waals surface area contributed by atoms with E-state index in [1.165, 1.54) is 27.0 Å². The van der Waals surface area contributed by atoms with E-state index in [9.17, 15) is 8.42 Å². The van der Waals surface area contributed by atoms with Gasteiger partial charge in [-0.25, -0.2) is 8.42 Å². The van der Waals surface area contributed by atoms with Gasteiger partial charge in [0.15, 0.2) is 14.7 Å². The average molecular weight is 360 g/mol. The quantitative estimate of drug-likeness (QED) is 0.506. The zero-order chi connectivity index (χ0) is 17.0. The highest BCUT2D eigenvalue weighted by Crippen LogP contribution is 2.23. The van der Waals surface area contributed by atoms with Gasteiger partial charge in [0.1, 0.15) is 6.07 Å². The average Bonchev–Trinajstić information content (AvgIpc) is 2.40. The number of nitrogens with zero attached hydrogens (tertiary/aromatic N) is 2. The first-order chi connectivity index (χ1) is 10.1. The summed E-state index contributed by atoms with van der Waals surface area (Å²) >= 11 is 11.9. The van der Waals surface area contributed by atoms with Crippen molar-refractivity contribution in [2.24, 2.45) is 5.10 Å². The molecule has 0 amide bonds. The molecular formula is C14H15Cl2N3O2S. The number of hydrazone groups is 1. The van der Waals surface area contributed by atoms with E-state index >= 15 is 0 Å². The molecule has 1 aromatic rings. The van der Waals surface area contributed by atoms with Gasteiger partial charge in [-0.05, 0) is 32.9 Å². The smallest absolute Gasteiger partial charge is 0.194 e. The molecule has 0 fully saturated rings.